The minimum absolute atomic E-state index is 0.0334. The summed E-state index contributed by atoms with van der Waals surface area (Å²) in [4.78, 5) is 4.73. The van der Waals surface area contributed by atoms with E-state index in [4.69, 9.17) is 23.6 Å². The van der Waals surface area contributed by atoms with E-state index in [0.29, 0.717) is 34.7 Å². The number of aryl methyl sites for hydroxylation is 1. The quantitative estimate of drug-likeness (QED) is 0.245. The maximum atomic E-state index is 5.89. The van der Waals surface area contributed by atoms with Crippen molar-refractivity contribution in [2.45, 2.75) is 25.2 Å². The molecule has 0 bridgehead atoms. The highest BCUT2D eigenvalue weighted by atomic mass is 32.2. The van der Waals surface area contributed by atoms with Gasteiger partial charge in [0.05, 0.1) is 25.2 Å². The minimum atomic E-state index is -0.262. The predicted octanol–water partition coefficient (Wildman–Crippen LogP) is 5.34. The van der Waals surface area contributed by atoms with Crippen LogP contribution < -0.4 is 14.2 Å². The lowest BCUT2D eigenvalue weighted by molar-refractivity contribution is 0.102. The van der Waals surface area contributed by atoms with Crippen LogP contribution in [0.2, 0.25) is 0 Å². The maximum Gasteiger partial charge on any atom is 0.239 e. The van der Waals surface area contributed by atoms with Crippen molar-refractivity contribution in [3.8, 4) is 28.8 Å². The molecule has 2 unspecified atom stereocenters. The van der Waals surface area contributed by atoms with Crippen LogP contribution in [0.3, 0.4) is 0 Å². The van der Waals surface area contributed by atoms with Gasteiger partial charge in [-0.2, -0.15) is 0 Å². The molecule has 5 aromatic rings. The van der Waals surface area contributed by atoms with Gasteiger partial charge in [-0.15, -0.1) is 10.2 Å². The van der Waals surface area contributed by atoms with E-state index >= 15 is 0 Å². The summed E-state index contributed by atoms with van der Waals surface area (Å²) in [7, 11) is 4.91. The van der Waals surface area contributed by atoms with Gasteiger partial charge in [-0.1, -0.05) is 12.1 Å². The molecular weight excluding hydrogens is 492 g/mol. The van der Waals surface area contributed by atoms with Crippen LogP contribution in [0.4, 0.5) is 5.95 Å². The second-order valence-corrected chi connectivity index (χ2v) is 9.50. The lowest BCUT2D eigenvalue weighted by atomic mass is 10.2. The fourth-order valence-corrected chi connectivity index (χ4v) is 4.98. The molecule has 0 spiro atoms. The van der Waals surface area contributed by atoms with E-state index in [9.17, 15) is 0 Å². The third-order valence-corrected chi connectivity index (χ3v) is 6.86. The fraction of sp³-hybridized carbons (Fsp3) is 0.269. The lowest BCUT2D eigenvalue weighted by Crippen LogP contribution is -2.17. The first kappa shape index (κ1) is 24.7. The summed E-state index contributed by atoms with van der Waals surface area (Å²) in [6, 6.07) is 15.2. The summed E-state index contributed by atoms with van der Waals surface area (Å²) >= 11 is 1.46. The van der Waals surface area contributed by atoms with Gasteiger partial charge in [0.15, 0.2) is 5.76 Å². The van der Waals surface area contributed by atoms with Gasteiger partial charge < -0.3 is 23.0 Å². The van der Waals surface area contributed by atoms with Crippen LogP contribution in [-0.2, 0) is 4.74 Å². The number of ether oxygens (including phenoxy) is 3. The van der Waals surface area contributed by atoms with Crippen molar-refractivity contribution in [1.29, 1.82) is 0 Å². The molecule has 0 aliphatic carbocycles. The predicted molar refractivity (Wildman–Crippen MR) is 143 cm³/mol. The zero-order chi connectivity index (χ0) is 25.9. The van der Waals surface area contributed by atoms with Crippen molar-refractivity contribution in [1.82, 2.24) is 24.1 Å². The summed E-state index contributed by atoms with van der Waals surface area (Å²) in [6.07, 6.45) is 3.69. The normalized spacial score (nSPS) is 13.0. The monoisotopic (exact) mass is 520 g/mol. The van der Waals surface area contributed by atoms with Crippen molar-refractivity contribution in [3.05, 3.63) is 72.4 Å². The molecule has 0 saturated heterocycles. The third-order valence-electron chi connectivity index (χ3n) is 5.94. The second-order valence-electron chi connectivity index (χ2n) is 8.32. The number of hydrogen-bond donors (Lipinski definition) is 1. The molecule has 5 rings (SSSR count). The van der Waals surface area contributed by atoms with Gasteiger partial charge in [-0.25, -0.2) is 4.98 Å². The number of benzene rings is 1. The number of rotatable bonds is 10. The van der Waals surface area contributed by atoms with E-state index in [2.05, 4.69) is 21.8 Å². The largest absolute Gasteiger partial charge is 0.494 e. The van der Waals surface area contributed by atoms with Crippen molar-refractivity contribution in [2.75, 3.05) is 26.1 Å². The van der Waals surface area contributed by atoms with Crippen LogP contribution >= 0.6 is 11.9 Å². The number of imidazole rings is 1. The number of pyridine rings is 1. The van der Waals surface area contributed by atoms with Gasteiger partial charge in [0.2, 0.25) is 11.8 Å². The summed E-state index contributed by atoms with van der Waals surface area (Å²) in [5.41, 5.74) is 2.36. The number of aromatic nitrogens is 5. The number of para-hydroxylation sites is 1. The molecule has 4 heterocycles. The van der Waals surface area contributed by atoms with Crippen LogP contribution in [0.15, 0.2) is 65.3 Å². The molecule has 2 atom stereocenters. The molecule has 0 fully saturated rings. The molecule has 4 aromatic heterocycles. The summed E-state index contributed by atoms with van der Waals surface area (Å²) in [5.74, 6) is 3.53. The van der Waals surface area contributed by atoms with Crippen molar-refractivity contribution >= 4 is 23.5 Å². The van der Waals surface area contributed by atoms with Crippen molar-refractivity contribution in [3.63, 3.8) is 0 Å². The molecule has 0 aliphatic rings. The Morgan fingerprint density at radius 1 is 0.973 bits per heavy atom. The van der Waals surface area contributed by atoms with E-state index in [1.54, 1.807) is 21.3 Å². The van der Waals surface area contributed by atoms with Crippen LogP contribution in [0.1, 0.15) is 24.5 Å². The lowest BCUT2D eigenvalue weighted by Gasteiger charge is -2.21. The average Bonchev–Trinajstić information content (AvgIpc) is 3.65. The number of anilines is 1. The Kier molecular flexibility index (Phi) is 7.06. The molecule has 0 saturated carbocycles. The number of methoxy groups -OCH3 is 3. The first-order valence-electron chi connectivity index (χ1n) is 11.7. The Morgan fingerprint density at radius 2 is 1.76 bits per heavy atom. The highest BCUT2D eigenvalue weighted by Gasteiger charge is 2.27. The number of nitrogens with one attached hydrogen (secondary N) is 1. The van der Waals surface area contributed by atoms with E-state index < -0.39 is 0 Å². The molecule has 10 nitrogen and oxygen atoms in total. The zero-order valence-corrected chi connectivity index (χ0v) is 22.0. The van der Waals surface area contributed by atoms with Gasteiger partial charge in [0.25, 0.3) is 0 Å². The highest BCUT2D eigenvalue weighted by molar-refractivity contribution is 8.01. The Labute approximate surface area is 218 Å². The SMILES string of the molecule is COc1cccc(OC)c1-n1c(NSC(C)C(OC)c2cn3ccccc3n2)nnc1-c1ccc(C)o1. The van der Waals surface area contributed by atoms with Gasteiger partial charge in [-0.3, -0.25) is 9.29 Å². The zero-order valence-electron chi connectivity index (χ0n) is 21.2. The van der Waals surface area contributed by atoms with Gasteiger partial charge in [-0.05, 0) is 62.2 Å². The molecule has 0 radical (unpaired) electrons. The van der Waals surface area contributed by atoms with E-state index in [-0.39, 0.29) is 11.4 Å². The van der Waals surface area contributed by atoms with Crippen LogP contribution in [0.5, 0.6) is 11.5 Å². The first-order valence-corrected chi connectivity index (χ1v) is 12.5. The summed E-state index contributed by atoms with van der Waals surface area (Å²) in [5, 5.41) is 8.85. The molecule has 1 aromatic carbocycles. The van der Waals surface area contributed by atoms with E-state index in [1.165, 1.54) is 11.9 Å². The molecule has 0 aliphatic heterocycles. The van der Waals surface area contributed by atoms with E-state index in [1.807, 2.05) is 76.8 Å². The standard InChI is InChI=1S/C26H28N6O4S/c1-16-12-13-21(36-16)25-28-29-26(32(25)23-19(33-3)9-8-10-20(23)34-4)30-37-17(2)24(35-5)18-15-31-14-7-6-11-22(31)27-18/h6-15,17,24H,1-5H3,(H,29,30). The Hall–Kier alpha value is -3.96. The minimum Gasteiger partial charge on any atom is -0.494 e. The molecule has 37 heavy (non-hydrogen) atoms. The molecule has 192 valence electrons. The smallest absolute Gasteiger partial charge is 0.239 e. The number of hydrogen-bond acceptors (Lipinski definition) is 9. The highest BCUT2D eigenvalue weighted by Crippen LogP contribution is 2.39. The average molecular weight is 521 g/mol. The molecule has 0 amide bonds. The Bertz CT molecular complexity index is 1450. The molecular formula is C26H28N6O4S. The number of furan rings is 1. The molecule has 1 N–H and O–H groups in total. The fourth-order valence-electron chi connectivity index (χ4n) is 4.18. The number of nitrogens with zero attached hydrogens (tertiary/aromatic N) is 5. The Morgan fingerprint density at radius 3 is 2.41 bits per heavy atom. The Balaban J connectivity index is 1.49. The van der Waals surface area contributed by atoms with Gasteiger partial charge >= 0.3 is 0 Å². The topological polar surface area (TPSA) is 101 Å². The van der Waals surface area contributed by atoms with Crippen LogP contribution in [0, 0.1) is 6.92 Å². The van der Waals surface area contributed by atoms with Crippen LogP contribution in [-0.4, -0.2) is 50.7 Å². The summed E-state index contributed by atoms with van der Waals surface area (Å²) in [6.45, 7) is 3.95. The maximum absolute atomic E-state index is 5.89. The van der Waals surface area contributed by atoms with Crippen molar-refractivity contribution < 1.29 is 18.6 Å². The van der Waals surface area contributed by atoms with Gasteiger partial charge in [0, 0.05) is 19.5 Å². The molecule has 11 heteroatoms. The van der Waals surface area contributed by atoms with E-state index in [0.717, 1.165) is 17.1 Å². The summed E-state index contributed by atoms with van der Waals surface area (Å²) < 4.78 is 30.3. The number of fused-ring (bicyclic) bond motifs is 1. The van der Waals surface area contributed by atoms with Gasteiger partial charge in [0.1, 0.15) is 34.7 Å². The first-order chi connectivity index (χ1) is 18.0. The third kappa shape index (κ3) is 4.75. The second kappa shape index (κ2) is 10.6. The van der Waals surface area contributed by atoms with Crippen molar-refractivity contribution in [2.24, 2.45) is 0 Å². The van der Waals surface area contributed by atoms with Crippen LogP contribution in [0.25, 0.3) is 22.9 Å².